The van der Waals surface area contributed by atoms with Gasteiger partial charge in [0.05, 0.1) is 12.5 Å². The van der Waals surface area contributed by atoms with Gasteiger partial charge in [-0.3, -0.25) is 19.3 Å². The summed E-state index contributed by atoms with van der Waals surface area (Å²) < 4.78 is 13.3. The van der Waals surface area contributed by atoms with Crippen LogP contribution in [0.1, 0.15) is 30.9 Å². The lowest BCUT2D eigenvalue weighted by Crippen LogP contribution is -2.47. The summed E-state index contributed by atoms with van der Waals surface area (Å²) in [5.41, 5.74) is 8.38. The molecule has 8 nitrogen and oxygen atoms in total. The molecule has 34 heavy (non-hydrogen) atoms. The van der Waals surface area contributed by atoms with Gasteiger partial charge in [-0.15, -0.1) is 0 Å². The molecule has 1 aliphatic heterocycles. The quantitative estimate of drug-likeness (QED) is 0.694. The highest BCUT2D eigenvalue weighted by Crippen LogP contribution is 2.24. The number of amides is 2. The van der Waals surface area contributed by atoms with E-state index in [0.717, 1.165) is 16.8 Å². The van der Waals surface area contributed by atoms with E-state index in [1.807, 2.05) is 24.3 Å². The molecule has 0 spiro atoms. The number of aliphatic carboxylic acids is 1. The summed E-state index contributed by atoms with van der Waals surface area (Å²) in [4.78, 5) is 42.1. The summed E-state index contributed by atoms with van der Waals surface area (Å²) >= 11 is 0. The lowest BCUT2D eigenvalue weighted by molar-refractivity contribution is -0.142. The van der Waals surface area contributed by atoms with Crippen LogP contribution >= 0.6 is 0 Å². The van der Waals surface area contributed by atoms with E-state index in [4.69, 9.17) is 10.8 Å². The zero-order valence-corrected chi connectivity index (χ0v) is 19.3. The van der Waals surface area contributed by atoms with Crippen molar-refractivity contribution < 1.29 is 23.9 Å². The van der Waals surface area contributed by atoms with Crippen molar-refractivity contribution in [3.63, 3.8) is 0 Å². The third kappa shape index (κ3) is 6.85. The second-order valence-electron chi connectivity index (χ2n) is 8.52. The second kappa shape index (κ2) is 11.7. The van der Waals surface area contributed by atoms with Gasteiger partial charge in [-0.05, 0) is 35.7 Å². The number of hydrogen-bond acceptors (Lipinski definition) is 5. The molecule has 9 heteroatoms. The van der Waals surface area contributed by atoms with Gasteiger partial charge in [0.25, 0.3) is 0 Å². The largest absolute Gasteiger partial charge is 0.481 e. The fraction of sp³-hybridized carbons (Fsp3) is 0.400. The smallest absolute Gasteiger partial charge is 0.305 e. The van der Waals surface area contributed by atoms with Crippen LogP contribution in [0.3, 0.4) is 0 Å². The molecule has 1 heterocycles. The molecule has 0 aromatic heterocycles. The minimum absolute atomic E-state index is 0.0998. The summed E-state index contributed by atoms with van der Waals surface area (Å²) in [6, 6.07) is 12.5. The molecule has 2 amide bonds. The van der Waals surface area contributed by atoms with Gasteiger partial charge < -0.3 is 20.6 Å². The number of carboxylic acid groups (broad SMARTS) is 1. The third-order valence-electron chi connectivity index (χ3n) is 5.91. The number of halogens is 1. The topological polar surface area (TPSA) is 107 Å². The van der Waals surface area contributed by atoms with E-state index in [0.29, 0.717) is 39.1 Å². The molecule has 0 aliphatic carbocycles. The minimum atomic E-state index is -1.16. The van der Waals surface area contributed by atoms with Gasteiger partial charge in [-0.1, -0.05) is 30.3 Å². The van der Waals surface area contributed by atoms with Gasteiger partial charge in [0.2, 0.25) is 11.8 Å². The van der Waals surface area contributed by atoms with Crippen molar-refractivity contribution in [2.24, 2.45) is 5.73 Å². The zero-order valence-electron chi connectivity index (χ0n) is 19.3. The number of hydrogen-bond donors (Lipinski definition) is 2. The number of carboxylic acids is 1. The zero-order chi connectivity index (χ0) is 24.7. The van der Waals surface area contributed by atoms with E-state index < -0.39 is 24.3 Å². The van der Waals surface area contributed by atoms with Crippen LogP contribution in [0.4, 0.5) is 10.1 Å². The van der Waals surface area contributed by atoms with Crippen LogP contribution in [0.15, 0.2) is 48.5 Å². The molecular weight excluding hydrogens is 439 g/mol. The Labute approximate surface area is 198 Å². The molecule has 0 radical (unpaired) electrons. The van der Waals surface area contributed by atoms with Crippen LogP contribution in [0.5, 0.6) is 0 Å². The highest BCUT2D eigenvalue weighted by atomic mass is 19.1. The van der Waals surface area contributed by atoms with Crippen molar-refractivity contribution in [2.75, 3.05) is 31.1 Å². The number of rotatable bonds is 5. The molecule has 0 saturated heterocycles. The molecule has 0 bridgehead atoms. The van der Waals surface area contributed by atoms with E-state index >= 15 is 0 Å². The third-order valence-corrected chi connectivity index (χ3v) is 5.91. The Morgan fingerprint density at radius 3 is 2.41 bits per heavy atom. The van der Waals surface area contributed by atoms with E-state index in [1.54, 1.807) is 21.9 Å². The molecule has 3 rings (SSSR count). The normalized spacial score (nSPS) is 16.3. The molecule has 1 aliphatic rings. The Balaban J connectivity index is 1.90. The fourth-order valence-corrected chi connectivity index (χ4v) is 4.17. The average molecular weight is 471 g/mol. The maximum atomic E-state index is 13.3. The lowest BCUT2D eigenvalue weighted by Gasteiger charge is -2.29. The second-order valence-corrected chi connectivity index (χ2v) is 8.52. The van der Waals surface area contributed by atoms with Gasteiger partial charge in [0.15, 0.2) is 0 Å². The first kappa shape index (κ1) is 25.3. The molecule has 0 unspecified atom stereocenters. The Morgan fingerprint density at radius 1 is 1.03 bits per heavy atom. The molecule has 2 aromatic rings. The Kier molecular flexibility index (Phi) is 8.72. The summed E-state index contributed by atoms with van der Waals surface area (Å²) in [7, 11) is 0. The van der Waals surface area contributed by atoms with E-state index in [1.165, 1.54) is 19.1 Å². The van der Waals surface area contributed by atoms with Crippen LogP contribution < -0.4 is 10.6 Å². The van der Waals surface area contributed by atoms with Crippen LogP contribution in [0.25, 0.3) is 0 Å². The van der Waals surface area contributed by atoms with E-state index in [2.05, 4.69) is 4.90 Å². The van der Waals surface area contributed by atoms with Crippen molar-refractivity contribution in [3.8, 4) is 0 Å². The first-order valence-electron chi connectivity index (χ1n) is 11.3. The molecule has 0 saturated carbocycles. The van der Waals surface area contributed by atoms with Crippen LogP contribution in [-0.2, 0) is 27.5 Å². The molecule has 0 fully saturated rings. The first-order chi connectivity index (χ1) is 16.2. The van der Waals surface area contributed by atoms with Gasteiger partial charge in [0, 0.05) is 51.9 Å². The van der Waals surface area contributed by atoms with Gasteiger partial charge in [-0.2, -0.15) is 0 Å². The summed E-state index contributed by atoms with van der Waals surface area (Å²) in [5, 5.41) is 9.10. The molecule has 2 aromatic carbocycles. The maximum absolute atomic E-state index is 13.3. The van der Waals surface area contributed by atoms with E-state index in [9.17, 15) is 18.8 Å². The fourth-order valence-electron chi connectivity index (χ4n) is 4.17. The van der Waals surface area contributed by atoms with Gasteiger partial charge >= 0.3 is 5.97 Å². The predicted octanol–water partition coefficient (Wildman–Crippen LogP) is 2.22. The predicted molar refractivity (Wildman–Crippen MR) is 126 cm³/mol. The number of fused-ring (bicyclic) bond motifs is 1. The standard InChI is InChI=1S/C25H31FN4O4/c1-18(31)30-12-4-11-28(16-19-7-9-21(26)10-8-19)13-14-29(25(34)22(27)15-24(32)33)17-20-5-2-3-6-23(20)30/h2-3,5-10,22H,4,11-17,27H2,1H3,(H,32,33)/t22-/m0/s1. The van der Waals surface area contributed by atoms with Crippen molar-refractivity contribution in [1.82, 2.24) is 9.80 Å². The minimum Gasteiger partial charge on any atom is -0.481 e. The SMILES string of the molecule is CC(=O)N1CCCN(Cc2ccc(F)cc2)CCN(C(=O)[C@@H](N)CC(=O)O)Cc2ccccc21. The summed E-state index contributed by atoms with van der Waals surface area (Å²) in [6.07, 6.45) is 0.247. The monoisotopic (exact) mass is 470 g/mol. The van der Waals surface area contributed by atoms with Gasteiger partial charge in [-0.25, -0.2) is 4.39 Å². The first-order valence-corrected chi connectivity index (χ1v) is 11.3. The maximum Gasteiger partial charge on any atom is 0.305 e. The molecule has 1 atom stereocenters. The highest BCUT2D eigenvalue weighted by molar-refractivity contribution is 5.92. The highest BCUT2D eigenvalue weighted by Gasteiger charge is 2.26. The number of carbonyl (C=O) groups is 3. The van der Waals surface area contributed by atoms with Gasteiger partial charge in [0.1, 0.15) is 5.82 Å². The van der Waals surface area contributed by atoms with Crippen molar-refractivity contribution in [3.05, 3.63) is 65.5 Å². The lowest BCUT2D eigenvalue weighted by atomic mass is 10.1. The van der Waals surface area contributed by atoms with Crippen molar-refractivity contribution in [1.29, 1.82) is 0 Å². The average Bonchev–Trinajstić information content (AvgIpc) is 2.82. The molecule has 182 valence electrons. The number of nitrogens with two attached hydrogens (primary N) is 1. The number of para-hydroxylation sites is 1. The van der Waals surface area contributed by atoms with Crippen LogP contribution in [-0.4, -0.2) is 64.9 Å². The summed E-state index contributed by atoms with van der Waals surface area (Å²) in [5.74, 6) is -2.00. The molecular formula is C25H31FN4O4. The van der Waals surface area contributed by atoms with Crippen molar-refractivity contribution >= 4 is 23.5 Å². The Morgan fingerprint density at radius 2 is 1.74 bits per heavy atom. The van der Waals surface area contributed by atoms with Crippen LogP contribution in [0, 0.1) is 5.82 Å². The summed E-state index contributed by atoms with van der Waals surface area (Å²) in [6.45, 7) is 4.30. The number of benzene rings is 2. The van der Waals surface area contributed by atoms with E-state index in [-0.39, 0.29) is 18.3 Å². The number of nitrogens with zero attached hydrogens (tertiary/aromatic N) is 3. The van der Waals surface area contributed by atoms with Crippen LogP contribution in [0.2, 0.25) is 0 Å². The number of anilines is 1. The Bertz CT molecular complexity index is 1010. The Hall–Kier alpha value is -3.30. The van der Waals surface area contributed by atoms with Crippen molar-refractivity contribution in [2.45, 2.75) is 38.9 Å². The number of carbonyl (C=O) groups excluding carboxylic acids is 2. The molecule has 3 N–H and O–H groups in total.